The predicted octanol–water partition coefficient (Wildman–Crippen LogP) is 3.44. The van der Waals surface area contributed by atoms with E-state index in [0.717, 1.165) is 5.56 Å². The first kappa shape index (κ1) is 17.9. The fourth-order valence-electron chi connectivity index (χ4n) is 2.79. The molecule has 1 aromatic carbocycles. The number of benzene rings is 1. The van der Waals surface area contributed by atoms with Crippen LogP contribution in [0.15, 0.2) is 30.3 Å². The molecule has 136 valence electrons. The average Bonchev–Trinajstić information content (AvgIpc) is 2.89. The second kappa shape index (κ2) is 7.15. The Morgan fingerprint density at radius 3 is 2.58 bits per heavy atom. The minimum absolute atomic E-state index is 0.136. The summed E-state index contributed by atoms with van der Waals surface area (Å²) >= 11 is 0. The Kier molecular flexibility index (Phi) is 4.92. The molecule has 5 nitrogen and oxygen atoms in total. The van der Waals surface area contributed by atoms with Crippen molar-refractivity contribution in [2.24, 2.45) is 0 Å². The molecule has 3 rings (SSSR count). The zero-order valence-electron chi connectivity index (χ0n) is 14.3. The summed E-state index contributed by atoms with van der Waals surface area (Å²) in [6.45, 7) is 3.31. The monoisotopic (exact) mass is 362 g/mol. The molecule has 0 unspecified atom stereocenters. The highest BCUT2D eigenvalue weighted by Crippen LogP contribution is 2.29. The third-order valence-corrected chi connectivity index (χ3v) is 3.97. The molecule has 8 heteroatoms. The van der Waals surface area contributed by atoms with Crippen LogP contribution in [0.5, 0.6) is 0 Å². The Hall–Kier alpha value is -2.90. The fraction of sp³-hybridized carbons (Fsp3) is 0.278. The van der Waals surface area contributed by atoms with Crippen LogP contribution >= 0.6 is 0 Å². The maximum atomic E-state index is 13.3. The maximum absolute atomic E-state index is 13.3. The molecule has 0 atom stereocenters. The molecule has 0 fully saturated rings. The molecule has 2 heterocycles. The third-order valence-electron chi connectivity index (χ3n) is 3.97. The number of aryl methyl sites for hydroxylation is 2. The number of pyridine rings is 1. The van der Waals surface area contributed by atoms with Crippen LogP contribution in [-0.2, 0) is 17.9 Å². The molecule has 0 aliphatic carbocycles. The predicted molar refractivity (Wildman–Crippen MR) is 90.2 cm³/mol. The first-order valence-corrected chi connectivity index (χ1v) is 7.99. The lowest BCUT2D eigenvalue weighted by atomic mass is 10.1. The number of carbonyl (C=O) groups excluding carboxylic acids is 1. The van der Waals surface area contributed by atoms with Crippen LogP contribution in [0.2, 0.25) is 0 Å². The summed E-state index contributed by atoms with van der Waals surface area (Å²) in [4.78, 5) is 16.5. The highest BCUT2D eigenvalue weighted by atomic mass is 19.3. The summed E-state index contributed by atoms with van der Waals surface area (Å²) in [7, 11) is 0. The molecular weight excluding hydrogens is 345 g/mol. The number of aromatic nitrogens is 3. The number of alkyl halides is 2. The average molecular weight is 362 g/mol. The Morgan fingerprint density at radius 2 is 1.92 bits per heavy atom. The van der Waals surface area contributed by atoms with Crippen molar-refractivity contribution in [2.75, 3.05) is 0 Å². The first-order chi connectivity index (χ1) is 12.3. The number of fused-ring (bicyclic) bond motifs is 1. The van der Waals surface area contributed by atoms with Crippen molar-refractivity contribution in [3.05, 3.63) is 58.7 Å². The number of halogens is 3. The molecule has 2 aromatic heterocycles. The van der Waals surface area contributed by atoms with E-state index in [0.29, 0.717) is 11.4 Å². The number of nitrogens with zero attached hydrogens (tertiary/aromatic N) is 3. The molecule has 1 N–H and O–H groups in total. The molecule has 0 aliphatic rings. The second-order valence-corrected chi connectivity index (χ2v) is 6.00. The van der Waals surface area contributed by atoms with Crippen LogP contribution in [0.25, 0.3) is 11.0 Å². The normalized spacial score (nSPS) is 11.3. The molecule has 0 bridgehead atoms. The van der Waals surface area contributed by atoms with Crippen molar-refractivity contribution in [3.63, 3.8) is 0 Å². The van der Waals surface area contributed by atoms with Gasteiger partial charge in [0.25, 0.3) is 6.43 Å². The third kappa shape index (κ3) is 3.68. The second-order valence-electron chi connectivity index (χ2n) is 6.00. The van der Waals surface area contributed by atoms with Crippen LogP contribution in [0, 0.1) is 19.7 Å². The van der Waals surface area contributed by atoms with Gasteiger partial charge in [-0.15, -0.1) is 0 Å². The van der Waals surface area contributed by atoms with Crippen LogP contribution in [0.1, 0.15) is 28.9 Å². The van der Waals surface area contributed by atoms with Crippen molar-refractivity contribution in [2.45, 2.75) is 33.4 Å². The van der Waals surface area contributed by atoms with E-state index in [1.807, 2.05) is 0 Å². The van der Waals surface area contributed by atoms with E-state index in [1.54, 1.807) is 26.0 Å². The summed E-state index contributed by atoms with van der Waals surface area (Å²) < 4.78 is 40.8. The summed E-state index contributed by atoms with van der Waals surface area (Å²) in [6, 6.07) is 7.10. The SMILES string of the molecule is Cc1cc(C(F)F)c2c(C)nn(CC(=O)NCc3ccc(F)cc3)c2n1. The molecule has 26 heavy (non-hydrogen) atoms. The minimum atomic E-state index is -2.65. The molecule has 0 spiro atoms. The van der Waals surface area contributed by atoms with E-state index in [2.05, 4.69) is 15.4 Å². The van der Waals surface area contributed by atoms with Crippen LogP contribution in [0.3, 0.4) is 0 Å². The summed E-state index contributed by atoms with van der Waals surface area (Å²) in [6.07, 6.45) is -2.65. The van der Waals surface area contributed by atoms with Crippen LogP contribution in [0.4, 0.5) is 13.2 Å². The molecule has 0 radical (unpaired) electrons. The molecule has 0 saturated heterocycles. The zero-order chi connectivity index (χ0) is 18.8. The zero-order valence-corrected chi connectivity index (χ0v) is 14.3. The number of hydrogen-bond donors (Lipinski definition) is 1. The molecule has 1 amide bonds. The van der Waals surface area contributed by atoms with Gasteiger partial charge in [-0.1, -0.05) is 12.1 Å². The van der Waals surface area contributed by atoms with E-state index < -0.39 is 6.43 Å². The van der Waals surface area contributed by atoms with Crippen molar-refractivity contribution < 1.29 is 18.0 Å². The number of carbonyl (C=O) groups is 1. The van der Waals surface area contributed by atoms with Gasteiger partial charge in [0, 0.05) is 17.8 Å². The van der Waals surface area contributed by atoms with E-state index in [4.69, 9.17) is 0 Å². The topological polar surface area (TPSA) is 59.8 Å². The lowest BCUT2D eigenvalue weighted by Gasteiger charge is -2.07. The van der Waals surface area contributed by atoms with E-state index in [-0.39, 0.29) is 41.4 Å². The summed E-state index contributed by atoms with van der Waals surface area (Å²) in [5, 5.41) is 7.16. The Labute approximate surface area is 147 Å². The van der Waals surface area contributed by atoms with Gasteiger partial charge in [0.05, 0.1) is 11.1 Å². The van der Waals surface area contributed by atoms with Gasteiger partial charge in [-0.05, 0) is 37.6 Å². The van der Waals surface area contributed by atoms with Crippen LogP contribution < -0.4 is 5.32 Å². The lowest BCUT2D eigenvalue weighted by molar-refractivity contribution is -0.121. The Bertz CT molecular complexity index is 951. The lowest BCUT2D eigenvalue weighted by Crippen LogP contribution is -2.27. The van der Waals surface area contributed by atoms with Gasteiger partial charge >= 0.3 is 0 Å². The van der Waals surface area contributed by atoms with Gasteiger partial charge in [0.1, 0.15) is 12.4 Å². The molecular formula is C18H17F3N4O. The van der Waals surface area contributed by atoms with E-state index >= 15 is 0 Å². The van der Waals surface area contributed by atoms with Crippen molar-refractivity contribution in [1.82, 2.24) is 20.1 Å². The molecule has 0 aliphatic heterocycles. The number of amides is 1. The largest absolute Gasteiger partial charge is 0.350 e. The minimum Gasteiger partial charge on any atom is -0.350 e. The van der Waals surface area contributed by atoms with Gasteiger partial charge in [-0.2, -0.15) is 5.10 Å². The van der Waals surface area contributed by atoms with Gasteiger partial charge in [0.15, 0.2) is 5.65 Å². The van der Waals surface area contributed by atoms with E-state index in [1.165, 1.54) is 22.9 Å². The number of hydrogen-bond acceptors (Lipinski definition) is 3. The summed E-state index contributed by atoms with van der Waals surface area (Å²) in [5.41, 5.74) is 1.70. The van der Waals surface area contributed by atoms with Gasteiger partial charge in [-0.25, -0.2) is 22.8 Å². The quantitative estimate of drug-likeness (QED) is 0.756. The maximum Gasteiger partial charge on any atom is 0.264 e. The van der Waals surface area contributed by atoms with Gasteiger partial charge in [0.2, 0.25) is 5.91 Å². The standard InChI is InChI=1S/C18H17F3N4O/c1-10-7-14(17(20)21)16-11(2)24-25(18(16)23-10)9-15(26)22-8-12-3-5-13(19)6-4-12/h3-7,17H,8-9H2,1-2H3,(H,22,26). The van der Waals surface area contributed by atoms with Gasteiger partial charge in [-0.3, -0.25) is 4.79 Å². The van der Waals surface area contributed by atoms with Crippen molar-refractivity contribution >= 4 is 16.9 Å². The summed E-state index contributed by atoms with van der Waals surface area (Å²) in [5.74, 6) is -0.699. The van der Waals surface area contributed by atoms with Crippen molar-refractivity contribution in [3.8, 4) is 0 Å². The number of nitrogens with one attached hydrogen (secondary N) is 1. The highest BCUT2D eigenvalue weighted by molar-refractivity contribution is 5.84. The van der Waals surface area contributed by atoms with E-state index in [9.17, 15) is 18.0 Å². The Morgan fingerprint density at radius 1 is 1.23 bits per heavy atom. The van der Waals surface area contributed by atoms with Crippen molar-refractivity contribution in [1.29, 1.82) is 0 Å². The molecule has 3 aromatic rings. The van der Waals surface area contributed by atoms with Gasteiger partial charge < -0.3 is 5.32 Å². The fourth-order valence-corrected chi connectivity index (χ4v) is 2.79. The Balaban J connectivity index is 1.80. The number of rotatable bonds is 5. The van der Waals surface area contributed by atoms with Crippen LogP contribution in [-0.4, -0.2) is 20.7 Å². The first-order valence-electron chi connectivity index (χ1n) is 7.99. The molecule has 0 saturated carbocycles. The highest BCUT2D eigenvalue weighted by Gasteiger charge is 2.20. The smallest absolute Gasteiger partial charge is 0.264 e.